The summed E-state index contributed by atoms with van der Waals surface area (Å²) >= 11 is 0. The summed E-state index contributed by atoms with van der Waals surface area (Å²) in [4.78, 5) is 28.8. The number of hydrogen-bond acceptors (Lipinski definition) is 7. The third-order valence-electron chi connectivity index (χ3n) is 4.50. The molecule has 10 nitrogen and oxygen atoms in total. The topological polar surface area (TPSA) is 135 Å². The molecule has 0 aliphatic rings. The fourth-order valence-corrected chi connectivity index (χ4v) is 2.95. The Morgan fingerprint density at radius 2 is 1.39 bits per heavy atom. The lowest BCUT2D eigenvalue weighted by molar-refractivity contribution is 0.0974. The SMILES string of the molecule is COc1cc(C(=O)NC(=N)Nc2cccc(NC(=O)c3ccncc3)c2)cc(OC)c1OC. The lowest BCUT2D eigenvalue weighted by Gasteiger charge is -2.15. The molecule has 0 saturated heterocycles. The molecule has 10 heteroatoms. The first-order chi connectivity index (χ1) is 15.9. The van der Waals surface area contributed by atoms with Gasteiger partial charge in [-0.15, -0.1) is 0 Å². The van der Waals surface area contributed by atoms with Gasteiger partial charge >= 0.3 is 0 Å². The summed E-state index contributed by atoms with van der Waals surface area (Å²) in [5.74, 6) is -0.103. The van der Waals surface area contributed by atoms with Crippen LogP contribution in [0.3, 0.4) is 0 Å². The highest BCUT2D eigenvalue weighted by molar-refractivity contribution is 6.09. The molecule has 0 unspecified atom stereocenters. The fraction of sp³-hybridized carbons (Fsp3) is 0.130. The van der Waals surface area contributed by atoms with Crippen molar-refractivity contribution in [1.29, 1.82) is 5.41 Å². The number of nitrogens with zero attached hydrogens (tertiary/aromatic N) is 1. The minimum absolute atomic E-state index is 0.217. The number of anilines is 2. The Balaban J connectivity index is 1.67. The third-order valence-corrected chi connectivity index (χ3v) is 4.50. The van der Waals surface area contributed by atoms with Crippen LogP contribution in [0.1, 0.15) is 20.7 Å². The normalized spacial score (nSPS) is 10.0. The van der Waals surface area contributed by atoms with Crippen molar-refractivity contribution >= 4 is 29.1 Å². The number of rotatable bonds is 7. The zero-order valence-corrected chi connectivity index (χ0v) is 18.3. The lowest BCUT2D eigenvalue weighted by atomic mass is 10.1. The van der Waals surface area contributed by atoms with E-state index in [9.17, 15) is 9.59 Å². The van der Waals surface area contributed by atoms with E-state index in [0.717, 1.165) is 0 Å². The van der Waals surface area contributed by atoms with Gasteiger partial charge in [-0.2, -0.15) is 0 Å². The number of nitrogens with one attached hydrogen (secondary N) is 4. The van der Waals surface area contributed by atoms with E-state index >= 15 is 0 Å². The molecule has 1 heterocycles. The van der Waals surface area contributed by atoms with Gasteiger partial charge in [-0.3, -0.25) is 25.3 Å². The maximum Gasteiger partial charge on any atom is 0.258 e. The van der Waals surface area contributed by atoms with Gasteiger partial charge in [-0.1, -0.05) is 6.07 Å². The number of guanidine groups is 1. The molecule has 3 aromatic rings. The summed E-state index contributed by atoms with van der Waals surface area (Å²) in [6, 6.07) is 12.9. The molecule has 4 N–H and O–H groups in total. The Hall–Kier alpha value is -4.60. The van der Waals surface area contributed by atoms with E-state index in [-0.39, 0.29) is 17.4 Å². The first kappa shape index (κ1) is 23.1. The van der Waals surface area contributed by atoms with Crippen molar-refractivity contribution in [3.05, 3.63) is 72.1 Å². The van der Waals surface area contributed by atoms with E-state index in [4.69, 9.17) is 19.6 Å². The number of amides is 2. The van der Waals surface area contributed by atoms with E-state index in [1.807, 2.05) is 0 Å². The maximum atomic E-state index is 12.6. The third kappa shape index (κ3) is 5.76. The Labute approximate surface area is 190 Å². The summed E-state index contributed by atoms with van der Waals surface area (Å²) in [6.45, 7) is 0. The number of aromatic nitrogens is 1. The van der Waals surface area contributed by atoms with Gasteiger partial charge in [0.2, 0.25) is 5.75 Å². The predicted octanol–water partition coefficient (Wildman–Crippen LogP) is 3.14. The number of methoxy groups -OCH3 is 3. The zero-order chi connectivity index (χ0) is 23.8. The standard InChI is InChI=1S/C23H23N5O5/c1-31-18-11-15(12-19(32-2)20(18)33-3)22(30)28-23(24)27-17-6-4-5-16(13-17)26-21(29)14-7-9-25-10-8-14/h4-13H,1-3H3,(H,26,29)(H3,24,27,28,30). The average molecular weight is 449 g/mol. The fourth-order valence-electron chi connectivity index (χ4n) is 2.95. The van der Waals surface area contributed by atoms with Crippen LogP contribution in [0.25, 0.3) is 0 Å². The van der Waals surface area contributed by atoms with Crippen LogP contribution in [0.4, 0.5) is 11.4 Å². The Bertz CT molecular complexity index is 1140. The lowest BCUT2D eigenvalue weighted by Crippen LogP contribution is -2.35. The van der Waals surface area contributed by atoms with Crippen molar-refractivity contribution in [3.8, 4) is 17.2 Å². The van der Waals surface area contributed by atoms with E-state index in [0.29, 0.717) is 34.2 Å². The van der Waals surface area contributed by atoms with E-state index < -0.39 is 5.91 Å². The molecule has 2 amide bonds. The number of hydrogen-bond donors (Lipinski definition) is 4. The average Bonchev–Trinajstić information content (AvgIpc) is 2.83. The van der Waals surface area contributed by atoms with Crippen LogP contribution in [-0.4, -0.2) is 44.1 Å². The highest BCUT2D eigenvalue weighted by Crippen LogP contribution is 2.38. The number of pyridine rings is 1. The highest BCUT2D eigenvalue weighted by atomic mass is 16.5. The van der Waals surface area contributed by atoms with Crippen LogP contribution in [0.5, 0.6) is 17.2 Å². The molecule has 0 aliphatic heterocycles. The first-order valence-corrected chi connectivity index (χ1v) is 9.73. The molecule has 0 fully saturated rings. The van der Waals surface area contributed by atoms with E-state index in [2.05, 4.69) is 20.9 Å². The van der Waals surface area contributed by atoms with E-state index in [1.54, 1.807) is 36.4 Å². The molecule has 0 atom stereocenters. The van der Waals surface area contributed by atoms with Crippen molar-refractivity contribution in [2.45, 2.75) is 0 Å². The second-order valence-corrected chi connectivity index (χ2v) is 6.64. The number of benzene rings is 2. The molecule has 0 spiro atoms. The van der Waals surface area contributed by atoms with Crippen LogP contribution in [0, 0.1) is 5.41 Å². The van der Waals surface area contributed by atoms with Gasteiger partial charge in [0.1, 0.15) is 0 Å². The van der Waals surface area contributed by atoms with Gasteiger partial charge in [0, 0.05) is 34.9 Å². The van der Waals surface area contributed by atoms with Crippen LogP contribution in [0.15, 0.2) is 60.9 Å². The van der Waals surface area contributed by atoms with Crippen molar-refractivity contribution < 1.29 is 23.8 Å². The number of carbonyl (C=O) groups excluding carboxylic acids is 2. The van der Waals surface area contributed by atoms with Crippen LogP contribution >= 0.6 is 0 Å². The maximum absolute atomic E-state index is 12.6. The largest absolute Gasteiger partial charge is 0.493 e. The first-order valence-electron chi connectivity index (χ1n) is 9.73. The Kier molecular flexibility index (Phi) is 7.43. The Morgan fingerprint density at radius 1 is 0.788 bits per heavy atom. The summed E-state index contributed by atoms with van der Waals surface area (Å²) in [7, 11) is 4.36. The smallest absolute Gasteiger partial charge is 0.258 e. The van der Waals surface area contributed by atoms with Crippen LogP contribution in [0.2, 0.25) is 0 Å². The van der Waals surface area contributed by atoms with Crippen molar-refractivity contribution in [2.24, 2.45) is 0 Å². The summed E-state index contributed by atoms with van der Waals surface area (Å²) < 4.78 is 15.8. The molecule has 170 valence electrons. The molecule has 1 aromatic heterocycles. The second-order valence-electron chi connectivity index (χ2n) is 6.64. The molecular formula is C23H23N5O5. The van der Waals surface area contributed by atoms with Gasteiger partial charge in [-0.05, 0) is 42.5 Å². The van der Waals surface area contributed by atoms with Gasteiger partial charge in [0.05, 0.1) is 21.3 Å². The van der Waals surface area contributed by atoms with Gasteiger partial charge in [0.15, 0.2) is 17.5 Å². The molecule has 0 saturated carbocycles. The monoisotopic (exact) mass is 449 g/mol. The second kappa shape index (κ2) is 10.6. The summed E-state index contributed by atoms with van der Waals surface area (Å²) in [5.41, 5.74) is 1.70. The quantitative estimate of drug-likeness (QED) is 0.321. The van der Waals surface area contributed by atoms with Crippen molar-refractivity contribution in [3.63, 3.8) is 0 Å². The van der Waals surface area contributed by atoms with Crippen LogP contribution < -0.4 is 30.2 Å². The zero-order valence-electron chi connectivity index (χ0n) is 18.3. The molecule has 2 aromatic carbocycles. The summed E-state index contributed by atoms with van der Waals surface area (Å²) in [5, 5.41) is 16.1. The molecule has 0 bridgehead atoms. The predicted molar refractivity (Wildman–Crippen MR) is 124 cm³/mol. The Morgan fingerprint density at radius 3 is 1.97 bits per heavy atom. The van der Waals surface area contributed by atoms with E-state index in [1.165, 1.54) is 45.9 Å². The number of ether oxygens (including phenoxy) is 3. The van der Waals surface area contributed by atoms with Crippen LogP contribution in [-0.2, 0) is 0 Å². The van der Waals surface area contributed by atoms with Gasteiger partial charge in [-0.25, -0.2) is 0 Å². The molecule has 3 rings (SSSR count). The van der Waals surface area contributed by atoms with Gasteiger partial charge < -0.3 is 24.8 Å². The molecule has 0 aliphatic carbocycles. The minimum Gasteiger partial charge on any atom is -0.493 e. The van der Waals surface area contributed by atoms with Crippen molar-refractivity contribution in [2.75, 3.05) is 32.0 Å². The molecule has 33 heavy (non-hydrogen) atoms. The van der Waals surface area contributed by atoms with Gasteiger partial charge in [0.25, 0.3) is 11.8 Å². The summed E-state index contributed by atoms with van der Waals surface area (Å²) in [6.07, 6.45) is 3.07. The number of carbonyl (C=O) groups is 2. The highest BCUT2D eigenvalue weighted by Gasteiger charge is 2.18. The molecule has 0 radical (unpaired) electrons. The minimum atomic E-state index is -0.547. The van der Waals surface area contributed by atoms with Crippen molar-refractivity contribution in [1.82, 2.24) is 10.3 Å². The molecular weight excluding hydrogens is 426 g/mol.